The molecule has 0 aromatic heterocycles. The predicted molar refractivity (Wildman–Crippen MR) is 98.2 cm³/mol. The van der Waals surface area contributed by atoms with Crippen molar-refractivity contribution in [1.29, 1.82) is 0 Å². The molecule has 3 saturated carbocycles. The highest BCUT2D eigenvalue weighted by atomic mass is 16.6. The zero-order chi connectivity index (χ0) is 19.6. The van der Waals surface area contributed by atoms with E-state index in [9.17, 15) is 19.7 Å². The maximum Gasteiger partial charge on any atom is 0.302 e. The van der Waals surface area contributed by atoms with Gasteiger partial charge in [-0.3, -0.25) is 19.7 Å². The van der Waals surface area contributed by atoms with Crippen molar-refractivity contribution >= 4 is 11.8 Å². The van der Waals surface area contributed by atoms with E-state index < -0.39 is 0 Å². The maximum absolute atomic E-state index is 12.5. The molecule has 148 valence electrons. The molecule has 6 unspecified atom stereocenters. The van der Waals surface area contributed by atoms with Crippen LogP contribution in [0, 0.1) is 38.7 Å². The van der Waals surface area contributed by atoms with E-state index in [0.29, 0.717) is 36.7 Å². The van der Waals surface area contributed by atoms with Gasteiger partial charge in [-0.25, -0.2) is 0 Å². The highest BCUT2D eigenvalue weighted by molar-refractivity contribution is 5.87. The predicted octanol–water partition coefficient (Wildman–Crippen LogP) is 4.05. The van der Waals surface area contributed by atoms with Gasteiger partial charge in [0.15, 0.2) is 0 Å². The number of Topliss-reactive ketones (excluding diaryl/α,β-unsaturated/α-hetero) is 1. The van der Waals surface area contributed by atoms with Gasteiger partial charge in [0.05, 0.1) is 4.92 Å². The van der Waals surface area contributed by atoms with Crippen molar-refractivity contribution in [1.82, 2.24) is 0 Å². The monoisotopic (exact) mass is 375 g/mol. The standard InChI is InChI=1S/C21H29NO5/c1-12(23)27-13-6-8-20(2)16-7-9-21(3)15(4-5-19(21)24)14(16)11-18(22(25)26)17(20)10-13/h13-16H,4-11H2,1-3H3. The molecule has 0 radical (unpaired) electrons. The molecule has 0 N–H and O–H groups in total. The van der Waals surface area contributed by atoms with Crippen LogP contribution in [0.5, 0.6) is 0 Å². The first-order valence-corrected chi connectivity index (χ1v) is 10.2. The van der Waals surface area contributed by atoms with Gasteiger partial charge in [-0.15, -0.1) is 0 Å². The van der Waals surface area contributed by atoms with E-state index in [2.05, 4.69) is 13.8 Å². The molecule has 0 aromatic rings. The van der Waals surface area contributed by atoms with Crippen LogP contribution < -0.4 is 0 Å². The molecule has 6 nitrogen and oxygen atoms in total. The van der Waals surface area contributed by atoms with Gasteiger partial charge in [0, 0.05) is 37.2 Å². The highest BCUT2D eigenvalue weighted by Crippen LogP contribution is 2.65. The van der Waals surface area contributed by atoms with Crippen molar-refractivity contribution in [3.8, 4) is 0 Å². The van der Waals surface area contributed by atoms with Crippen LogP contribution in [-0.2, 0) is 14.3 Å². The Balaban J connectivity index is 1.73. The maximum atomic E-state index is 12.5. The Hall–Kier alpha value is -1.72. The molecule has 0 aromatic carbocycles. The van der Waals surface area contributed by atoms with Crippen molar-refractivity contribution in [2.45, 2.75) is 78.2 Å². The number of nitro groups is 1. The minimum atomic E-state index is -0.321. The molecule has 0 saturated heterocycles. The summed E-state index contributed by atoms with van der Waals surface area (Å²) < 4.78 is 5.41. The van der Waals surface area contributed by atoms with Crippen LogP contribution in [-0.4, -0.2) is 22.8 Å². The fraction of sp³-hybridized carbons (Fsp3) is 0.810. The molecule has 3 fully saturated rings. The van der Waals surface area contributed by atoms with E-state index in [4.69, 9.17) is 4.74 Å². The third kappa shape index (κ3) is 2.66. The normalized spacial score (nSPS) is 43.6. The summed E-state index contributed by atoms with van der Waals surface area (Å²) in [6.45, 7) is 5.67. The third-order valence-corrected chi connectivity index (χ3v) is 8.40. The zero-order valence-electron chi connectivity index (χ0n) is 16.5. The number of hydrogen-bond acceptors (Lipinski definition) is 5. The molecule has 4 aliphatic rings. The third-order valence-electron chi connectivity index (χ3n) is 8.40. The van der Waals surface area contributed by atoms with Gasteiger partial charge in [0.1, 0.15) is 11.9 Å². The van der Waals surface area contributed by atoms with E-state index in [-0.39, 0.29) is 39.7 Å². The van der Waals surface area contributed by atoms with Gasteiger partial charge in [0.25, 0.3) is 0 Å². The average molecular weight is 375 g/mol. The van der Waals surface area contributed by atoms with Crippen LogP contribution in [0.1, 0.15) is 72.1 Å². The largest absolute Gasteiger partial charge is 0.462 e. The van der Waals surface area contributed by atoms with E-state index in [0.717, 1.165) is 37.7 Å². The first-order valence-electron chi connectivity index (χ1n) is 10.2. The first kappa shape index (κ1) is 18.6. The van der Waals surface area contributed by atoms with Crippen molar-refractivity contribution in [2.75, 3.05) is 0 Å². The molecular formula is C21H29NO5. The van der Waals surface area contributed by atoms with Gasteiger partial charge in [-0.2, -0.15) is 0 Å². The summed E-state index contributed by atoms with van der Waals surface area (Å²) in [5.74, 6) is 0.905. The van der Waals surface area contributed by atoms with Crippen LogP contribution in [0.3, 0.4) is 0 Å². The molecule has 6 atom stereocenters. The van der Waals surface area contributed by atoms with Crippen LogP contribution >= 0.6 is 0 Å². The zero-order valence-corrected chi connectivity index (χ0v) is 16.5. The second kappa shape index (κ2) is 6.14. The summed E-state index contributed by atoms with van der Waals surface area (Å²) >= 11 is 0. The number of hydrogen-bond donors (Lipinski definition) is 0. The van der Waals surface area contributed by atoms with E-state index in [1.807, 2.05) is 0 Å². The van der Waals surface area contributed by atoms with E-state index in [1.54, 1.807) is 0 Å². The average Bonchev–Trinajstić information content (AvgIpc) is 2.89. The lowest BCUT2D eigenvalue weighted by Crippen LogP contribution is -2.52. The number of fused-ring (bicyclic) bond motifs is 5. The van der Waals surface area contributed by atoms with Crippen molar-refractivity contribution in [3.63, 3.8) is 0 Å². The second-order valence-electron chi connectivity index (χ2n) is 9.57. The smallest absolute Gasteiger partial charge is 0.302 e. The topological polar surface area (TPSA) is 86.5 Å². The van der Waals surface area contributed by atoms with Crippen LogP contribution in [0.4, 0.5) is 0 Å². The van der Waals surface area contributed by atoms with Gasteiger partial charge in [0.2, 0.25) is 5.70 Å². The number of ether oxygens (including phenoxy) is 1. The summed E-state index contributed by atoms with van der Waals surface area (Å²) in [4.78, 5) is 35.7. The lowest BCUT2D eigenvalue weighted by Gasteiger charge is -2.56. The van der Waals surface area contributed by atoms with Crippen molar-refractivity contribution in [2.24, 2.45) is 28.6 Å². The summed E-state index contributed by atoms with van der Waals surface area (Å²) in [5.41, 5.74) is 0.735. The van der Waals surface area contributed by atoms with Gasteiger partial charge in [-0.05, 0) is 55.3 Å². The van der Waals surface area contributed by atoms with Crippen LogP contribution in [0.15, 0.2) is 11.3 Å². The van der Waals surface area contributed by atoms with Gasteiger partial charge >= 0.3 is 5.97 Å². The number of allylic oxidation sites excluding steroid dienone is 1. The minimum absolute atomic E-state index is 0.206. The number of esters is 1. The Morgan fingerprint density at radius 2 is 1.78 bits per heavy atom. The summed E-state index contributed by atoms with van der Waals surface area (Å²) in [6.07, 6.45) is 5.64. The highest BCUT2D eigenvalue weighted by Gasteiger charge is 2.61. The minimum Gasteiger partial charge on any atom is -0.462 e. The molecule has 6 heteroatoms. The Bertz CT molecular complexity index is 743. The lowest BCUT2D eigenvalue weighted by atomic mass is 9.47. The molecular weight excluding hydrogens is 346 g/mol. The van der Waals surface area contributed by atoms with Crippen molar-refractivity contribution < 1.29 is 19.2 Å². The fourth-order valence-corrected chi connectivity index (χ4v) is 7.03. The molecule has 0 amide bonds. The van der Waals surface area contributed by atoms with Gasteiger partial charge < -0.3 is 4.74 Å². The lowest BCUT2D eigenvalue weighted by molar-refractivity contribution is -0.434. The van der Waals surface area contributed by atoms with E-state index in [1.165, 1.54) is 6.92 Å². The molecule has 4 rings (SSSR count). The molecule has 27 heavy (non-hydrogen) atoms. The summed E-state index contributed by atoms with van der Waals surface area (Å²) in [6, 6.07) is 0. The van der Waals surface area contributed by atoms with Crippen molar-refractivity contribution in [3.05, 3.63) is 21.4 Å². The molecule has 0 heterocycles. The molecule has 0 bridgehead atoms. The SMILES string of the molecule is CC(=O)OC1CCC2(C)C(=C([N+](=O)[O-])CC3C4CCC(=O)C4(C)CCC32)C1. The molecule has 4 aliphatic carbocycles. The Morgan fingerprint density at radius 3 is 2.44 bits per heavy atom. The Morgan fingerprint density at radius 1 is 1.11 bits per heavy atom. The Labute approximate surface area is 159 Å². The number of ketones is 1. The molecule has 0 spiro atoms. The second-order valence-corrected chi connectivity index (χ2v) is 9.57. The van der Waals surface area contributed by atoms with E-state index >= 15 is 0 Å². The number of carbonyl (C=O) groups is 2. The molecule has 0 aliphatic heterocycles. The summed E-state index contributed by atoms with van der Waals surface area (Å²) in [5, 5.41) is 12.0. The number of rotatable bonds is 2. The fourth-order valence-electron chi connectivity index (χ4n) is 7.03. The first-order chi connectivity index (χ1) is 12.7. The summed E-state index contributed by atoms with van der Waals surface area (Å²) in [7, 11) is 0. The number of carbonyl (C=O) groups excluding carboxylic acids is 2. The van der Waals surface area contributed by atoms with Crippen LogP contribution in [0.25, 0.3) is 0 Å². The van der Waals surface area contributed by atoms with Crippen LogP contribution in [0.2, 0.25) is 0 Å². The Kier molecular flexibility index (Phi) is 4.24. The quantitative estimate of drug-likeness (QED) is 0.413. The number of nitrogens with zero attached hydrogens (tertiary/aromatic N) is 1. The van der Waals surface area contributed by atoms with Gasteiger partial charge in [-0.1, -0.05) is 13.8 Å².